The fraction of sp³-hybridized carbons (Fsp3) is 0.600. The minimum Gasteiger partial charge on any atom is -0.335 e. The van der Waals surface area contributed by atoms with Crippen LogP contribution in [0, 0.1) is 11.3 Å². The van der Waals surface area contributed by atoms with E-state index in [2.05, 4.69) is 17.0 Å². The molecular formula is C15H19N3OS. The first-order valence-electron chi connectivity index (χ1n) is 7.23. The molecule has 1 aliphatic heterocycles. The lowest BCUT2D eigenvalue weighted by Crippen LogP contribution is -2.50. The Morgan fingerprint density at radius 2 is 2.10 bits per heavy atom. The van der Waals surface area contributed by atoms with Crippen LogP contribution in [0.15, 0.2) is 6.07 Å². The minimum atomic E-state index is -0.0576. The number of fused-ring (bicyclic) bond motifs is 1. The Kier molecular flexibility index (Phi) is 3.77. The monoisotopic (exact) mass is 289 g/mol. The first-order chi connectivity index (χ1) is 9.69. The van der Waals surface area contributed by atoms with Crippen LogP contribution in [0.4, 0.5) is 0 Å². The van der Waals surface area contributed by atoms with Crippen LogP contribution in [0.3, 0.4) is 0 Å². The van der Waals surface area contributed by atoms with Crippen molar-refractivity contribution in [1.29, 1.82) is 5.26 Å². The maximum absolute atomic E-state index is 12.5. The standard InChI is InChI=1S/C15H19N3OS/c1-11(10-16)17-5-7-18(8-6-17)15(19)14-9-12-3-2-4-13(12)20-14/h9,11H,2-8H2,1H3. The van der Waals surface area contributed by atoms with Gasteiger partial charge in [0.1, 0.15) is 0 Å². The average molecular weight is 289 g/mol. The van der Waals surface area contributed by atoms with Crippen molar-refractivity contribution in [3.05, 3.63) is 21.4 Å². The van der Waals surface area contributed by atoms with E-state index < -0.39 is 0 Å². The number of aryl methyl sites for hydroxylation is 2. The van der Waals surface area contributed by atoms with Gasteiger partial charge in [-0.25, -0.2) is 0 Å². The molecule has 1 aliphatic carbocycles. The highest BCUT2D eigenvalue weighted by Gasteiger charge is 2.26. The quantitative estimate of drug-likeness (QED) is 0.835. The van der Waals surface area contributed by atoms with Gasteiger partial charge in [0.2, 0.25) is 0 Å². The molecule has 0 radical (unpaired) electrons. The molecule has 1 fully saturated rings. The normalized spacial score (nSPS) is 20.5. The van der Waals surface area contributed by atoms with E-state index in [1.54, 1.807) is 11.3 Å². The lowest BCUT2D eigenvalue weighted by molar-refractivity contribution is 0.0620. The number of carbonyl (C=O) groups is 1. The number of nitrogens with zero attached hydrogens (tertiary/aromatic N) is 3. The molecule has 106 valence electrons. The van der Waals surface area contributed by atoms with E-state index in [9.17, 15) is 4.79 Å². The first kappa shape index (κ1) is 13.6. The minimum absolute atomic E-state index is 0.0576. The molecule has 20 heavy (non-hydrogen) atoms. The topological polar surface area (TPSA) is 47.3 Å². The van der Waals surface area contributed by atoms with Crippen molar-refractivity contribution in [3.63, 3.8) is 0 Å². The Balaban J connectivity index is 1.63. The van der Waals surface area contributed by atoms with E-state index in [1.165, 1.54) is 16.9 Å². The predicted octanol–water partition coefficient (Wildman–Crippen LogP) is 1.91. The zero-order chi connectivity index (χ0) is 14.1. The fourth-order valence-corrected chi connectivity index (χ4v) is 4.21. The lowest BCUT2D eigenvalue weighted by Gasteiger charge is -2.35. The summed E-state index contributed by atoms with van der Waals surface area (Å²) >= 11 is 1.68. The van der Waals surface area contributed by atoms with Crippen LogP contribution in [0.25, 0.3) is 0 Å². The van der Waals surface area contributed by atoms with Crippen molar-refractivity contribution in [2.45, 2.75) is 32.2 Å². The molecule has 3 rings (SSSR count). The highest BCUT2D eigenvalue weighted by Crippen LogP contribution is 2.31. The molecule has 0 bridgehead atoms. The van der Waals surface area contributed by atoms with Gasteiger partial charge in [-0.3, -0.25) is 9.69 Å². The highest BCUT2D eigenvalue weighted by molar-refractivity contribution is 7.14. The van der Waals surface area contributed by atoms with Crippen molar-refractivity contribution in [2.75, 3.05) is 26.2 Å². The maximum Gasteiger partial charge on any atom is 0.264 e. The molecule has 0 spiro atoms. The Bertz CT molecular complexity index is 530. The van der Waals surface area contributed by atoms with Crippen molar-refractivity contribution < 1.29 is 4.79 Å². The molecule has 0 saturated carbocycles. The van der Waals surface area contributed by atoms with Gasteiger partial charge in [-0.2, -0.15) is 5.26 Å². The number of carbonyl (C=O) groups excluding carboxylic acids is 1. The number of hydrogen-bond acceptors (Lipinski definition) is 4. The molecule has 1 unspecified atom stereocenters. The second-order valence-electron chi connectivity index (χ2n) is 5.55. The second-order valence-corrected chi connectivity index (χ2v) is 6.68. The van der Waals surface area contributed by atoms with Crippen molar-refractivity contribution in [3.8, 4) is 6.07 Å². The molecule has 1 atom stereocenters. The summed E-state index contributed by atoms with van der Waals surface area (Å²) in [4.78, 5) is 18.9. The van der Waals surface area contributed by atoms with Gasteiger partial charge in [0.15, 0.2) is 0 Å². The van der Waals surface area contributed by atoms with E-state index in [-0.39, 0.29) is 11.9 Å². The molecule has 1 aromatic heterocycles. The summed E-state index contributed by atoms with van der Waals surface area (Å²) in [7, 11) is 0. The summed E-state index contributed by atoms with van der Waals surface area (Å²) in [6.45, 7) is 4.97. The molecule has 1 aromatic rings. The van der Waals surface area contributed by atoms with Gasteiger partial charge in [-0.15, -0.1) is 11.3 Å². The van der Waals surface area contributed by atoms with Crippen molar-refractivity contribution in [2.24, 2.45) is 0 Å². The summed E-state index contributed by atoms with van der Waals surface area (Å²) in [5.41, 5.74) is 1.38. The van der Waals surface area contributed by atoms with Crippen LogP contribution in [0.5, 0.6) is 0 Å². The van der Waals surface area contributed by atoms with E-state index >= 15 is 0 Å². The lowest BCUT2D eigenvalue weighted by atomic mass is 10.2. The molecule has 5 heteroatoms. The van der Waals surface area contributed by atoms with Crippen LogP contribution in [-0.2, 0) is 12.8 Å². The predicted molar refractivity (Wildman–Crippen MR) is 78.9 cm³/mol. The molecule has 0 N–H and O–H groups in total. The molecule has 0 aromatic carbocycles. The maximum atomic E-state index is 12.5. The number of rotatable bonds is 2. The van der Waals surface area contributed by atoms with Gasteiger partial charge in [0.25, 0.3) is 5.91 Å². The van der Waals surface area contributed by atoms with Crippen LogP contribution < -0.4 is 0 Å². The van der Waals surface area contributed by atoms with E-state index in [4.69, 9.17) is 5.26 Å². The van der Waals surface area contributed by atoms with Crippen LogP contribution in [0.1, 0.15) is 33.5 Å². The number of thiophene rings is 1. The van der Waals surface area contributed by atoms with Gasteiger partial charge in [0.05, 0.1) is 17.0 Å². The fourth-order valence-electron chi connectivity index (χ4n) is 2.98. The Morgan fingerprint density at radius 1 is 1.35 bits per heavy atom. The molecule has 2 aliphatic rings. The summed E-state index contributed by atoms with van der Waals surface area (Å²) in [6, 6.07) is 4.30. The number of hydrogen-bond donors (Lipinski definition) is 0. The van der Waals surface area contributed by atoms with Gasteiger partial charge in [0, 0.05) is 31.1 Å². The molecule has 4 nitrogen and oxygen atoms in total. The van der Waals surface area contributed by atoms with Gasteiger partial charge < -0.3 is 4.90 Å². The second kappa shape index (κ2) is 5.55. The highest BCUT2D eigenvalue weighted by atomic mass is 32.1. The van der Waals surface area contributed by atoms with Crippen LogP contribution >= 0.6 is 11.3 Å². The van der Waals surface area contributed by atoms with E-state index in [1.807, 2.05) is 11.8 Å². The smallest absolute Gasteiger partial charge is 0.264 e. The van der Waals surface area contributed by atoms with E-state index in [0.29, 0.717) is 0 Å². The molecule has 2 heterocycles. The Hall–Kier alpha value is -1.38. The summed E-state index contributed by atoms with van der Waals surface area (Å²) in [5, 5.41) is 8.94. The Morgan fingerprint density at radius 3 is 2.75 bits per heavy atom. The molecule has 1 saturated heterocycles. The van der Waals surface area contributed by atoms with Gasteiger partial charge in [-0.05, 0) is 37.8 Å². The zero-order valence-electron chi connectivity index (χ0n) is 11.8. The van der Waals surface area contributed by atoms with Gasteiger partial charge >= 0.3 is 0 Å². The van der Waals surface area contributed by atoms with Crippen molar-refractivity contribution >= 4 is 17.2 Å². The summed E-state index contributed by atoms with van der Waals surface area (Å²) in [5.74, 6) is 0.175. The third-order valence-electron chi connectivity index (χ3n) is 4.29. The van der Waals surface area contributed by atoms with Crippen molar-refractivity contribution in [1.82, 2.24) is 9.80 Å². The number of nitriles is 1. The average Bonchev–Trinajstić information content (AvgIpc) is 3.07. The zero-order valence-corrected chi connectivity index (χ0v) is 12.6. The van der Waals surface area contributed by atoms with Crippen LogP contribution in [-0.4, -0.2) is 47.9 Å². The molecule has 1 amide bonds. The third-order valence-corrected chi connectivity index (χ3v) is 5.52. The first-order valence-corrected chi connectivity index (χ1v) is 8.05. The number of piperazine rings is 1. The third kappa shape index (κ3) is 2.46. The summed E-state index contributed by atoms with van der Waals surface area (Å²) < 4.78 is 0. The van der Waals surface area contributed by atoms with E-state index in [0.717, 1.165) is 43.9 Å². The largest absolute Gasteiger partial charge is 0.335 e. The SMILES string of the molecule is CC(C#N)N1CCN(C(=O)c2cc3c(s2)CCC3)CC1. The van der Waals surface area contributed by atoms with Crippen LogP contribution in [0.2, 0.25) is 0 Å². The Labute approximate surface area is 123 Å². The summed E-state index contributed by atoms with van der Waals surface area (Å²) in [6.07, 6.45) is 3.51. The van der Waals surface area contributed by atoms with Gasteiger partial charge in [-0.1, -0.05) is 0 Å². The molecular weight excluding hydrogens is 270 g/mol. The number of amides is 1.